The fourth-order valence-corrected chi connectivity index (χ4v) is 1.22. The molecule has 5 heteroatoms. The molecular formula is C3H6BrNOS2. The summed E-state index contributed by atoms with van der Waals surface area (Å²) in [5.41, 5.74) is 0. The summed E-state index contributed by atoms with van der Waals surface area (Å²) in [4.78, 5) is 10.4. The molecular weight excluding hydrogens is 210 g/mol. The molecule has 0 aliphatic carbocycles. The number of alkyl halides is 1. The van der Waals surface area contributed by atoms with Gasteiger partial charge in [-0.2, -0.15) is 0 Å². The van der Waals surface area contributed by atoms with Crippen molar-refractivity contribution < 1.29 is 4.79 Å². The van der Waals surface area contributed by atoms with E-state index in [1.165, 1.54) is 21.8 Å². The van der Waals surface area contributed by atoms with Crippen LogP contribution >= 0.6 is 37.7 Å². The van der Waals surface area contributed by atoms with Gasteiger partial charge in [-0.25, -0.2) is 0 Å². The molecule has 0 rings (SSSR count). The minimum atomic E-state index is 0.00403. The Hall–Kier alpha value is 0.650. The summed E-state index contributed by atoms with van der Waals surface area (Å²) >= 11 is 3.01. The van der Waals surface area contributed by atoms with E-state index in [1.54, 1.807) is 0 Å². The number of halogens is 1. The monoisotopic (exact) mass is 215 g/mol. The molecule has 0 saturated carbocycles. The predicted octanol–water partition coefficient (Wildman–Crippen LogP) is 1.42. The molecule has 0 aliphatic rings. The van der Waals surface area contributed by atoms with Gasteiger partial charge >= 0.3 is 0 Å². The van der Waals surface area contributed by atoms with Gasteiger partial charge in [0.1, 0.15) is 0 Å². The number of rotatable bonds is 3. The topological polar surface area (TPSA) is 29.1 Å². The Kier molecular flexibility index (Phi) is 6.25. The number of hydrogen-bond acceptors (Lipinski definition) is 3. The van der Waals surface area contributed by atoms with Crippen LogP contribution in [0.5, 0.6) is 0 Å². The van der Waals surface area contributed by atoms with Gasteiger partial charge in [-0.1, -0.05) is 26.7 Å². The van der Waals surface area contributed by atoms with Gasteiger partial charge in [0.05, 0.1) is 5.33 Å². The highest BCUT2D eigenvalue weighted by molar-refractivity contribution is 9.09. The van der Waals surface area contributed by atoms with E-state index in [1.807, 2.05) is 6.26 Å². The molecule has 48 valence electrons. The first kappa shape index (κ1) is 8.65. The fourth-order valence-electron chi connectivity index (χ4n) is 0.115. The van der Waals surface area contributed by atoms with Crippen molar-refractivity contribution in [3.05, 3.63) is 0 Å². The van der Waals surface area contributed by atoms with E-state index in [4.69, 9.17) is 0 Å². The summed E-state index contributed by atoms with van der Waals surface area (Å²) in [6.07, 6.45) is 1.90. The molecule has 0 aliphatic heterocycles. The second kappa shape index (κ2) is 5.78. The predicted molar refractivity (Wildman–Crippen MR) is 43.0 cm³/mol. The third-order valence-electron chi connectivity index (χ3n) is 0.360. The average Bonchev–Trinajstić information content (AvgIpc) is 1.83. The van der Waals surface area contributed by atoms with E-state index in [9.17, 15) is 4.79 Å². The molecule has 0 heterocycles. The van der Waals surface area contributed by atoms with Gasteiger partial charge in [0.2, 0.25) is 5.91 Å². The third kappa shape index (κ3) is 4.80. The van der Waals surface area contributed by atoms with Crippen LogP contribution in [-0.4, -0.2) is 17.5 Å². The Labute approximate surface area is 64.8 Å². The van der Waals surface area contributed by atoms with Crippen molar-refractivity contribution in [3.63, 3.8) is 0 Å². The third-order valence-corrected chi connectivity index (χ3v) is 2.10. The average molecular weight is 216 g/mol. The van der Waals surface area contributed by atoms with Crippen LogP contribution in [0.1, 0.15) is 0 Å². The first-order valence-electron chi connectivity index (χ1n) is 1.85. The summed E-state index contributed by atoms with van der Waals surface area (Å²) in [6.45, 7) is 0. The molecule has 2 nitrogen and oxygen atoms in total. The van der Waals surface area contributed by atoms with Gasteiger partial charge in [0.25, 0.3) is 0 Å². The highest BCUT2D eigenvalue weighted by atomic mass is 79.9. The lowest BCUT2D eigenvalue weighted by Gasteiger charge is -1.94. The molecule has 0 aromatic rings. The van der Waals surface area contributed by atoms with Crippen LogP contribution in [0.3, 0.4) is 0 Å². The van der Waals surface area contributed by atoms with Crippen LogP contribution in [0.2, 0.25) is 0 Å². The quantitative estimate of drug-likeness (QED) is 0.439. The van der Waals surface area contributed by atoms with Gasteiger partial charge in [-0.3, -0.25) is 9.52 Å². The molecule has 1 N–H and O–H groups in total. The van der Waals surface area contributed by atoms with E-state index in [-0.39, 0.29) is 5.91 Å². The van der Waals surface area contributed by atoms with E-state index in [2.05, 4.69) is 20.7 Å². The Morgan fingerprint density at radius 3 is 2.88 bits per heavy atom. The first-order valence-corrected chi connectivity index (χ1v) is 5.53. The van der Waals surface area contributed by atoms with Crippen LogP contribution < -0.4 is 4.72 Å². The molecule has 0 spiro atoms. The molecule has 0 bridgehead atoms. The lowest BCUT2D eigenvalue weighted by molar-refractivity contribution is -0.116. The summed E-state index contributed by atoms with van der Waals surface area (Å²) in [5, 5.41) is 0.376. The minimum Gasteiger partial charge on any atom is -0.290 e. The van der Waals surface area contributed by atoms with E-state index < -0.39 is 0 Å². The van der Waals surface area contributed by atoms with Crippen molar-refractivity contribution >= 4 is 43.6 Å². The van der Waals surface area contributed by atoms with Gasteiger partial charge in [0.15, 0.2) is 0 Å². The molecule has 0 aromatic heterocycles. The highest BCUT2D eigenvalue weighted by Crippen LogP contribution is 2.10. The first-order chi connectivity index (χ1) is 3.81. The number of nitrogens with one attached hydrogen (secondary N) is 1. The number of carbonyl (C=O) groups is 1. The summed E-state index contributed by atoms with van der Waals surface area (Å²) in [5.74, 6) is 0.00403. The summed E-state index contributed by atoms with van der Waals surface area (Å²) in [7, 11) is 2.84. The number of carbonyl (C=O) groups excluding carboxylic acids is 1. The van der Waals surface area contributed by atoms with Crippen LogP contribution in [0.15, 0.2) is 0 Å². The largest absolute Gasteiger partial charge is 0.290 e. The van der Waals surface area contributed by atoms with E-state index in [0.29, 0.717) is 5.33 Å². The standard InChI is InChI=1S/C3H6BrNOS2/c1-7-8-5-3(6)2-4/h2H2,1H3,(H,5,6). The van der Waals surface area contributed by atoms with Crippen molar-refractivity contribution in [2.45, 2.75) is 0 Å². The molecule has 0 saturated heterocycles. The highest BCUT2D eigenvalue weighted by Gasteiger charge is 1.93. The minimum absolute atomic E-state index is 0.00403. The number of amides is 1. The van der Waals surface area contributed by atoms with Crippen molar-refractivity contribution in [2.75, 3.05) is 11.6 Å². The molecule has 8 heavy (non-hydrogen) atoms. The molecule has 0 fully saturated rings. The zero-order valence-electron chi connectivity index (χ0n) is 4.31. The van der Waals surface area contributed by atoms with Crippen LogP contribution in [0.4, 0.5) is 0 Å². The maximum atomic E-state index is 10.4. The second-order valence-electron chi connectivity index (χ2n) is 0.909. The zero-order chi connectivity index (χ0) is 6.41. The lowest BCUT2D eigenvalue weighted by atomic mass is 10.8. The number of hydrogen-bond donors (Lipinski definition) is 1. The van der Waals surface area contributed by atoms with Crippen molar-refractivity contribution in [1.82, 2.24) is 4.72 Å². The summed E-state index contributed by atoms with van der Waals surface area (Å²) in [6, 6.07) is 0. The maximum Gasteiger partial charge on any atom is 0.241 e. The molecule has 0 aromatic carbocycles. The Morgan fingerprint density at radius 2 is 2.50 bits per heavy atom. The summed E-state index contributed by atoms with van der Waals surface area (Å²) < 4.78 is 2.58. The maximum absolute atomic E-state index is 10.4. The van der Waals surface area contributed by atoms with Gasteiger partial charge < -0.3 is 0 Å². The van der Waals surface area contributed by atoms with E-state index >= 15 is 0 Å². The van der Waals surface area contributed by atoms with Crippen molar-refractivity contribution in [3.8, 4) is 0 Å². The smallest absolute Gasteiger partial charge is 0.241 e. The SMILES string of the molecule is CSSNC(=O)CBr. The Balaban J connectivity index is 2.99. The fraction of sp³-hybridized carbons (Fsp3) is 0.667. The van der Waals surface area contributed by atoms with Crippen LogP contribution in [0.25, 0.3) is 0 Å². The molecule has 0 unspecified atom stereocenters. The van der Waals surface area contributed by atoms with E-state index in [0.717, 1.165) is 0 Å². The van der Waals surface area contributed by atoms with Crippen LogP contribution in [-0.2, 0) is 4.79 Å². The Morgan fingerprint density at radius 1 is 1.88 bits per heavy atom. The molecule has 0 atom stereocenters. The van der Waals surface area contributed by atoms with Crippen molar-refractivity contribution in [1.29, 1.82) is 0 Å². The van der Waals surface area contributed by atoms with Gasteiger partial charge in [-0.05, 0) is 6.26 Å². The van der Waals surface area contributed by atoms with Crippen molar-refractivity contribution in [2.24, 2.45) is 0 Å². The molecule has 0 radical (unpaired) electrons. The lowest BCUT2D eigenvalue weighted by Crippen LogP contribution is -2.14. The molecule has 1 amide bonds. The second-order valence-corrected chi connectivity index (χ2v) is 3.67. The normalized spacial score (nSPS) is 8.75. The van der Waals surface area contributed by atoms with Crippen LogP contribution in [0, 0.1) is 0 Å². The van der Waals surface area contributed by atoms with Gasteiger partial charge in [0, 0.05) is 11.0 Å². The zero-order valence-corrected chi connectivity index (χ0v) is 7.53. The Bertz CT molecular complexity index is 79.7. The van der Waals surface area contributed by atoms with Gasteiger partial charge in [-0.15, -0.1) is 0 Å².